The summed E-state index contributed by atoms with van der Waals surface area (Å²) in [5, 5.41) is 0. The number of hydrogen-bond donors (Lipinski definition) is 1. The van der Waals surface area contributed by atoms with Crippen molar-refractivity contribution in [2.24, 2.45) is 29.4 Å². The van der Waals surface area contributed by atoms with E-state index in [0.29, 0.717) is 0 Å². The zero-order valence-corrected chi connectivity index (χ0v) is 9.35. The Balaban J connectivity index is 0.000000401. The van der Waals surface area contributed by atoms with Crippen LogP contribution in [0.1, 0.15) is 46.0 Å². The van der Waals surface area contributed by atoms with Gasteiger partial charge in [-0.15, -0.1) is 12.4 Å². The van der Waals surface area contributed by atoms with Gasteiger partial charge in [0.15, 0.2) is 0 Å². The van der Waals surface area contributed by atoms with E-state index in [-0.39, 0.29) is 19.8 Å². The lowest BCUT2D eigenvalue weighted by molar-refractivity contribution is 0.0198. The highest BCUT2D eigenvalue weighted by molar-refractivity contribution is 5.85. The molecule has 4 bridgehead atoms. The number of halogens is 1. The van der Waals surface area contributed by atoms with E-state index in [4.69, 9.17) is 0 Å². The fourth-order valence-corrected chi connectivity index (χ4v) is 3.98. The van der Waals surface area contributed by atoms with Gasteiger partial charge < -0.3 is 5.73 Å². The molecule has 0 aromatic carbocycles. The average molecular weight is 220 g/mol. The van der Waals surface area contributed by atoms with E-state index in [0.717, 1.165) is 0 Å². The van der Waals surface area contributed by atoms with Gasteiger partial charge in [-0.3, -0.25) is 0 Å². The molecule has 1 nitrogen and oxygen atoms in total. The molecule has 0 aliphatic heterocycles. The Morgan fingerprint density at radius 2 is 0.786 bits per heavy atom. The highest BCUT2D eigenvalue weighted by Crippen LogP contribution is 2.53. The van der Waals surface area contributed by atoms with Crippen LogP contribution in [-0.2, 0) is 0 Å². The molecule has 14 heavy (non-hydrogen) atoms. The zero-order chi connectivity index (χ0) is 8.55. The van der Waals surface area contributed by atoms with Crippen LogP contribution >= 0.6 is 12.4 Å². The van der Waals surface area contributed by atoms with Gasteiger partial charge >= 0.3 is 0 Å². The lowest BCUT2D eigenvalue weighted by Crippen LogP contribution is -2.38. The Morgan fingerprint density at radius 3 is 0.929 bits per heavy atom. The largest absolute Gasteiger partial charge is 0.333 e. The minimum Gasteiger partial charge on any atom is -0.333 e. The van der Waals surface area contributed by atoms with Crippen LogP contribution in [0, 0.1) is 23.7 Å². The van der Waals surface area contributed by atoms with Crippen molar-refractivity contribution in [3.63, 3.8) is 0 Å². The van der Waals surface area contributed by atoms with Gasteiger partial charge in [-0.1, -0.05) is 7.43 Å². The zero-order valence-electron chi connectivity index (χ0n) is 8.54. The standard InChI is InChI=1S/C10H16.CH5N.CH4.ClH/c1-7-2-9-4-8(1)5-10(3-7)6-9;1-2;;/h7-10H,1-6H2;2H2,1H3;1H4;1H. The minimum absolute atomic E-state index is 0. The van der Waals surface area contributed by atoms with E-state index >= 15 is 0 Å². The number of hydrogen-bond acceptors (Lipinski definition) is 1. The van der Waals surface area contributed by atoms with Gasteiger partial charge in [-0.25, -0.2) is 0 Å². The normalized spacial score (nSPS) is 41.6. The van der Waals surface area contributed by atoms with Crippen LogP contribution in [0.15, 0.2) is 0 Å². The fourth-order valence-electron chi connectivity index (χ4n) is 3.98. The first kappa shape index (κ1) is 14.2. The lowest BCUT2D eigenvalue weighted by atomic mass is 9.56. The highest BCUT2D eigenvalue weighted by Gasteiger charge is 2.41. The van der Waals surface area contributed by atoms with Crippen molar-refractivity contribution in [1.29, 1.82) is 0 Å². The predicted molar refractivity (Wildman–Crippen MR) is 65.8 cm³/mol. The smallest absolute Gasteiger partial charge is 0.0195 e. The Bertz CT molecular complexity index is 102. The molecule has 0 saturated heterocycles. The van der Waals surface area contributed by atoms with Gasteiger partial charge in [0.1, 0.15) is 0 Å². The third-order valence-electron chi connectivity index (χ3n) is 4.00. The van der Waals surface area contributed by atoms with Crippen LogP contribution in [0.4, 0.5) is 0 Å². The summed E-state index contributed by atoms with van der Waals surface area (Å²) in [4.78, 5) is 0. The number of rotatable bonds is 0. The minimum atomic E-state index is 0. The third-order valence-corrected chi connectivity index (χ3v) is 4.00. The van der Waals surface area contributed by atoms with Crippen LogP contribution in [0.3, 0.4) is 0 Å². The van der Waals surface area contributed by atoms with Crippen LogP contribution in [0.5, 0.6) is 0 Å². The van der Waals surface area contributed by atoms with E-state index in [1.807, 2.05) is 0 Å². The van der Waals surface area contributed by atoms with E-state index in [1.165, 1.54) is 30.7 Å². The summed E-state index contributed by atoms with van der Waals surface area (Å²) in [7, 11) is 1.50. The van der Waals surface area contributed by atoms with Crippen LogP contribution in [-0.4, -0.2) is 7.05 Å². The molecule has 2 N–H and O–H groups in total. The second-order valence-electron chi connectivity index (χ2n) is 4.88. The molecule has 0 amide bonds. The molecule has 0 atom stereocenters. The van der Waals surface area contributed by atoms with E-state index in [1.54, 1.807) is 38.5 Å². The molecule has 4 fully saturated rings. The van der Waals surface area contributed by atoms with Crippen molar-refractivity contribution in [2.45, 2.75) is 46.0 Å². The summed E-state index contributed by atoms with van der Waals surface area (Å²) in [6.07, 6.45) is 9.62. The summed E-state index contributed by atoms with van der Waals surface area (Å²) < 4.78 is 0. The van der Waals surface area contributed by atoms with Gasteiger partial charge in [0.25, 0.3) is 0 Å². The van der Waals surface area contributed by atoms with Gasteiger partial charge in [-0.05, 0) is 69.2 Å². The van der Waals surface area contributed by atoms with Crippen molar-refractivity contribution in [1.82, 2.24) is 0 Å². The first-order chi connectivity index (χ1) is 5.90. The molecule has 86 valence electrons. The molecule has 4 saturated carbocycles. The molecule has 0 unspecified atom stereocenters. The fraction of sp³-hybridized carbons (Fsp3) is 1.00. The molecule has 4 rings (SSSR count). The maximum Gasteiger partial charge on any atom is -0.0195 e. The van der Waals surface area contributed by atoms with Crippen LogP contribution < -0.4 is 5.73 Å². The maximum atomic E-state index is 4.50. The average Bonchev–Trinajstić information content (AvgIpc) is 2.05. The quantitative estimate of drug-likeness (QED) is 0.664. The summed E-state index contributed by atoms with van der Waals surface area (Å²) in [5.74, 6) is 4.71. The van der Waals surface area contributed by atoms with Crippen molar-refractivity contribution in [2.75, 3.05) is 7.05 Å². The summed E-state index contributed by atoms with van der Waals surface area (Å²) >= 11 is 0. The molecule has 0 aromatic rings. The molecule has 4 aliphatic rings. The van der Waals surface area contributed by atoms with Crippen molar-refractivity contribution in [3.05, 3.63) is 0 Å². The SMILES string of the molecule is C.C1C2CC3CC1CC(C2)C3.CN.Cl. The van der Waals surface area contributed by atoms with Crippen LogP contribution in [0.2, 0.25) is 0 Å². The molecule has 0 spiro atoms. The predicted octanol–water partition coefficient (Wildman–Crippen LogP) is 3.47. The van der Waals surface area contributed by atoms with E-state index < -0.39 is 0 Å². The molecular formula is C12H26ClN. The molecule has 4 aliphatic carbocycles. The Kier molecular flexibility index (Phi) is 6.08. The second kappa shape index (κ2) is 5.97. The second-order valence-corrected chi connectivity index (χ2v) is 4.88. The first-order valence-corrected chi connectivity index (χ1v) is 5.48. The van der Waals surface area contributed by atoms with Crippen LogP contribution in [0.25, 0.3) is 0 Å². The molecule has 0 heterocycles. The van der Waals surface area contributed by atoms with Gasteiger partial charge in [0.2, 0.25) is 0 Å². The summed E-state index contributed by atoms with van der Waals surface area (Å²) in [5.41, 5.74) is 4.50. The topological polar surface area (TPSA) is 26.0 Å². The molecular weight excluding hydrogens is 194 g/mol. The number of nitrogens with two attached hydrogens (primary N) is 1. The monoisotopic (exact) mass is 219 g/mol. The van der Waals surface area contributed by atoms with Crippen molar-refractivity contribution in [3.8, 4) is 0 Å². The molecule has 0 aromatic heterocycles. The lowest BCUT2D eigenvalue weighted by Gasteiger charge is -2.49. The van der Waals surface area contributed by atoms with Crippen molar-refractivity contribution >= 4 is 12.4 Å². The van der Waals surface area contributed by atoms with Crippen molar-refractivity contribution < 1.29 is 0 Å². The van der Waals surface area contributed by atoms with E-state index in [9.17, 15) is 0 Å². The van der Waals surface area contributed by atoms with Gasteiger partial charge in [0, 0.05) is 0 Å². The third kappa shape index (κ3) is 2.64. The summed E-state index contributed by atoms with van der Waals surface area (Å²) in [6, 6.07) is 0. The maximum absolute atomic E-state index is 4.50. The summed E-state index contributed by atoms with van der Waals surface area (Å²) in [6.45, 7) is 0. The van der Waals surface area contributed by atoms with E-state index in [2.05, 4.69) is 5.73 Å². The highest BCUT2D eigenvalue weighted by atomic mass is 35.5. The molecule has 2 heteroatoms. The van der Waals surface area contributed by atoms with Gasteiger partial charge in [-0.2, -0.15) is 0 Å². The molecule has 0 radical (unpaired) electrons. The van der Waals surface area contributed by atoms with Gasteiger partial charge in [0.05, 0.1) is 0 Å². The first-order valence-electron chi connectivity index (χ1n) is 5.48. The Morgan fingerprint density at radius 1 is 0.643 bits per heavy atom. The Labute approximate surface area is 95.2 Å². The Hall–Kier alpha value is 0.250.